The Bertz CT molecular complexity index is 139. The minimum atomic E-state index is -0.350. The summed E-state index contributed by atoms with van der Waals surface area (Å²) in [5.74, 6) is 0. The number of ether oxygens (including phenoxy) is 2. The molecule has 0 bridgehead atoms. The van der Waals surface area contributed by atoms with Gasteiger partial charge >= 0.3 is 6.41 Å². The van der Waals surface area contributed by atoms with Gasteiger partial charge in [0.15, 0.2) is 0 Å². The summed E-state index contributed by atoms with van der Waals surface area (Å²) in [6.07, 6.45) is 6.49. The molecule has 0 aromatic carbocycles. The molecule has 0 aromatic heterocycles. The highest BCUT2D eigenvalue weighted by atomic mass is 16.7. The van der Waals surface area contributed by atoms with E-state index in [2.05, 4.69) is 0 Å². The van der Waals surface area contributed by atoms with Crippen LogP contribution in [0.5, 0.6) is 0 Å². The summed E-state index contributed by atoms with van der Waals surface area (Å²) in [4.78, 5) is 1.83. The van der Waals surface area contributed by atoms with E-state index in [-0.39, 0.29) is 6.41 Å². The van der Waals surface area contributed by atoms with Crippen LogP contribution in [-0.4, -0.2) is 25.4 Å². The van der Waals surface area contributed by atoms with Crippen LogP contribution in [0.25, 0.3) is 0 Å². The maximum atomic E-state index is 5.23. The third-order valence-electron chi connectivity index (χ3n) is 1.08. The molecular weight excluding hydrogens is 154 g/mol. The second-order valence-electron chi connectivity index (χ2n) is 2.48. The molecule has 3 nitrogen and oxygen atoms in total. The zero-order valence-electron chi connectivity index (χ0n) is 8.15. The highest BCUT2D eigenvalue weighted by molar-refractivity contribution is 4.69. The van der Waals surface area contributed by atoms with Crippen LogP contribution in [0.4, 0.5) is 0 Å². The molecular formula is C9H17NO2. The van der Waals surface area contributed by atoms with E-state index in [0.29, 0.717) is 0 Å². The molecule has 0 radical (unpaired) electrons. The number of hydrogen-bond acceptors (Lipinski definition) is 3. The summed E-state index contributed by atoms with van der Waals surface area (Å²) in [6.45, 7) is 3.78. The monoisotopic (exact) mass is 171 g/mol. The van der Waals surface area contributed by atoms with E-state index >= 15 is 0 Å². The van der Waals surface area contributed by atoms with Crippen molar-refractivity contribution in [2.45, 2.75) is 20.3 Å². The maximum Gasteiger partial charge on any atom is 0.303 e. The fourth-order valence-electron chi connectivity index (χ4n) is 0.567. The van der Waals surface area contributed by atoms with E-state index in [4.69, 9.17) is 9.47 Å². The zero-order valence-corrected chi connectivity index (χ0v) is 8.15. The van der Waals surface area contributed by atoms with Gasteiger partial charge in [-0.1, -0.05) is 12.2 Å². The molecule has 0 saturated carbocycles. The fourth-order valence-corrected chi connectivity index (χ4v) is 0.567. The zero-order chi connectivity index (χ0) is 9.40. The first-order valence-corrected chi connectivity index (χ1v) is 3.92. The molecule has 70 valence electrons. The van der Waals surface area contributed by atoms with Gasteiger partial charge in [-0.3, -0.25) is 0 Å². The Morgan fingerprint density at radius 3 is 1.67 bits per heavy atom. The smallest absolute Gasteiger partial charge is 0.303 e. The number of hydrogen-bond donors (Lipinski definition) is 0. The highest BCUT2D eigenvalue weighted by Crippen LogP contribution is 1.99. The summed E-state index contributed by atoms with van der Waals surface area (Å²) in [6, 6.07) is 0. The molecule has 0 N–H and O–H groups in total. The van der Waals surface area contributed by atoms with Crippen LogP contribution in [0.3, 0.4) is 0 Å². The van der Waals surface area contributed by atoms with E-state index in [9.17, 15) is 0 Å². The molecule has 0 aliphatic heterocycles. The van der Waals surface area contributed by atoms with E-state index in [1.807, 2.05) is 45.0 Å². The summed E-state index contributed by atoms with van der Waals surface area (Å²) in [5.41, 5.74) is 0. The van der Waals surface area contributed by atoms with Gasteiger partial charge in [0.1, 0.15) is 0 Å². The van der Waals surface area contributed by atoms with Crippen molar-refractivity contribution < 1.29 is 9.47 Å². The maximum absolute atomic E-state index is 5.23. The standard InChI is InChI=1S/C9H17NO2/c1-5-7-11-9(10(3)4)12-8-6-2/h5-9H,1-4H3. The summed E-state index contributed by atoms with van der Waals surface area (Å²) >= 11 is 0. The predicted octanol–water partition coefficient (Wildman–Crippen LogP) is 1.93. The van der Waals surface area contributed by atoms with Crippen molar-refractivity contribution in [3.8, 4) is 0 Å². The number of rotatable bonds is 5. The molecule has 0 fully saturated rings. The van der Waals surface area contributed by atoms with E-state index < -0.39 is 0 Å². The van der Waals surface area contributed by atoms with Gasteiger partial charge in [0.2, 0.25) is 0 Å². The Morgan fingerprint density at radius 1 is 1.00 bits per heavy atom. The first-order valence-electron chi connectivity index (χ1n) is 3.92. The molecule has 0 saturated heterocycles. The van der Waals surface area contributed by atoms with Crippen molar-refractivity contribution in [2.75, 3.05) is 14.1 Å². The van der Waals surface area contributed by atoms with Crippen molar-refractivity contribution in [3.05, 3.63) is 24.7 Å². The van der Waals surface area contributed by atoms with Gasteiger partial charge < -0.3 is 9.47 Å². The Hall–Kier alpha value is -0.960. The van der Waals surface area contributed by atoms with Gasteiger partial charge in [0.25, 0.3) is 0 Å². The minimum absolute atomic E-state index is 0.350. The SMILES string of the molecule is CC=COC(OC=CC)N(C)C. The van der Waals surface area contributed by atoms with Gasteiger partial charge in [-0.15, -0.1) is 0 Å². The molecule has 0 aliphatic rings. The van der Waals surface area contributed by atoms with Crippen LogP contribution in [0.1, 0.15) is 13.8 Å². The molecule has 0 heterocycles. The lowest BCUT2D eigenvalue weighted by Crippen LogP contribution is -2.30. The molecule has 0 aliphatic carbocycles. The van der Waals surface area contributed by atoms with Crippen molar-refractivity contribution in [2.24, 2.45) is 0 Å². The fraction of sp³-hybridized carbons (Fsp3) is 0.556. The molecule has 0 atom stereocenters. The molecule has 0 spiro atoms. The average Bonchev–Trinajstić information content (AvgIpc) is 2.04. The van der Waals surface area contributed by atoms with Gasteiger partial charge in [-0.25, -0.2) is 4.90 Å². The third kappa shape index (κ3) is 4.79. The Balaban J connectivity index is 3.86. The van der Waals surface area contributed by atoms with Crippen LogP contribution in [0.15, 0.2) is 24.7 Å². The number of nitrogens with zero attached hydrogens (tertiary/aromatic N) is 1. The molecule has 0 amide bonds. The molecule has 12 heavy (non-hydrogen) atoms. The Labute approximate surface area is 74.3 Å². The minimum Gasteiger partial charge on any atom is -0.450 e. The first kappa shape index (κ1) is 11.0. The van der Waals surface area contributed by atoms with Gasteiger partial charge in [-0.2, -0.15) is 0 Å². The van der Waals surface area contributed by atoms with E-state index in [0.717, 1.165) is 0 Å². The van der Waals surface area contributed by atoms with Crippen molar-refractivity contribution >= 4 is 0 Å². The normalized spacial score (nSPS) is 14.4. The second kappa shape index (κ2) is 6.73. The van der Waals surface area contributed by atoms with E-state index in [1.165, 1.54) is 0 Å². The summed E-state index contributed by atoms with van der Waals surface area (Å²) in [7, 11) is 3.77. The second-order valence-corrected chi connectivity index (χ2v) is 2.48. The quantitative estimate of drug-likeness (QED) is 0.466. The van der Waals surface area contributed by atoms with Crippen LogP contribution in [-0.2, 0) is 9.47 Å². The van der Waals surface area contributed by atoms with Gasteiger partial charge in [0.05, 0.1) is 12.5 Å². The largest absolute Gasteiger partial charge is 0.450 e. The topological polar surface area (TPSA) is 21.7 Å². The lowest BCUT2D eigenvalue weighted by molar-refractivity contribution is -0.147. The van der Waals surface area contributed by atoms with Crippen molar-refractivity contribution in [3.63, 3.8) is 0 Å². The lowest BCUT2D eigenvalue weighted by Gasteiger charge is -2.21. The average molecular weight is 171 g/mol. The van der Waals surface area contributed by atoms with Gasteiger partial charge in [-0.05, 0) is 27.9 Å². The van der Waals surface area contributed by atoms with Crippen LogP contribution in [0.2, 0.25) is 0 Å². The lowest BCUT2D eigenvalue weighted by atomic mass is 10.7. The highest BCUT2D eigenvalue weighted by Gasteiger charge is 2.08. The Morgan fingerprint density at radius 2 is 1.42 bits per heavy atom. The van der Waals surface area contributed by atoms with Gasteiger partial charge in [0, 0.05) is 0 Å². The van der Waals surface area contributed by atoms with Crippen LogP contribution < -0.4 is 0 Å². The molecule has 0 unspecified atom stereocenters. The molecule has 0 rings (SSSR count). The van der Waals surface area contributed by atoms with Crippen LogP contribution in [0, 0.1) is 0 Å². The van der Waals surface area contributed by atoms with Crippen molar-refractivity contribution in [1.82, 2.24) is 4.90 Å². The molecule has 3 heteroatoms. The first-order chi connectivity index (χ1) is 5.72. The van der Waals surface area contributed by atoms with E-state index in [1.54, 1.807) is 12.5 Å². The third-order valence-corrected chi connectivity index (χ3v) is 1.08. The predicted molar refractivity (Wildman–Crippen MR) is 49.3 cm³/mol. The van der Waals surface area contributed by atoms with Crippen LogP contribution >= 0.6 is 0 Å². The number of allylic oxidation sites excluding steroid dienone is 2. The summed E-state index contributed by atoms with van der Waals surface area (Å²) < 4.78 is 10.5. The van der Waals surface area contributed by atoms with Crippen molar-refractivity contribution in [1.29, 1.82) is 0 Å². The summed E-state index contributed by atoms with van der Waals surface area (Å²) in [5, 5.41) is 0. The molecule has 0 aromatic rings. The Kier molecular flexibility index (Phi) is 6.19.